The quantitative estimate of drug-likeness (QED) is 0.233. The molecule has 5 nitrogen and oxygen atoms in total. The summed E-state index contributed by atoms with van der Waals surface area (Å²) in [6.07, 6.45) is 9.34. The van der Waals surface area contributed by atoms with Gasteiger partial charge in [0, 0.05) is 0 Å². The van der Waals surface area contributed by atoms with Gasteiger partial charge in [0.1, 0.15) is 11.9 Å². The maximum absolute atomic E-state index is 12.0. The lowest BCUT2D eigenvalue weighted by Gasteiger charge is -2.36. The van der Waals surface area contributed by atoms with Crippen LogP contribution >= 0.6 is 0 Å². The van der Waals surface area contributed by atoms with Crippen LogP contribution in [0.4, 0.5) is 4.79 Å². The average molecular weight is 483 g/mol. The molecule has 0 saturated heterocycles. The molecule has 0 unspecified atom stereocenters. The number of ether oxygens (including phenoxy) is 3. The van der Waals surface area contributed by atoms with Gasteiger partial charge in [-0.15, -0.1) is 0 Å². The summed E-state index contributed by atoms with van der Waals surface area (Å²) in [6.45, 7) is 5.49. The molecule has 0 aromatic heterocycles. The Kier molecular flexibility index (Phi) is 10.9. The van der Waals surface area contributed by atoms with Gasteiger partial charge in [-0.05, 0) is 67.3 Å². The second kappa shape index (κ2) is 14.1. The number of hydrogen-bond donors (Lipinski definition) is 1. The van der Waals surface area contributed by atoms with Crippen molar-refractivity contribution in [3.63, 3.8) is 0 Å². The van der Waals surface area contributed by atoms with E-state index < -0.39 is 11.8 Å². The molecule has 0 amide bonds. The first-order valence-electron chi connectivity index (χ1n) is 13.4. The van der Waals surface area contributed by atoms with Gasteiger partial charge in [0.05, 0.1) is 18.8 Å². The first kappa shape index (κ1) is 27.1. The first-order chi connectivity index (χ1) is 17.0. The Balaban J connectivity index is 1.44. The van der Waals surface area contributed by atoms with Gasteiger partial charge in [-0.2, -0.15) is 0 Å². The molecule has 0 radical (unpaired) electrons. The summed E-state index contributed by atoms with van der Waals surface area (Å²) in [5.41, 5.74) is 2.24. The molecule has 0 aliphatic heterocycles. The molecule has 3 rings (SSSR count). The predicted octanol–water partition coefficient (Wildman–Crippen LogP) is 7.79. The predicted molar refractivity (Wildman–Crippen MR) is 140 cm³/mol. The highest BCUT2D eigenvalue weighted by Gasteiger charge is 2.36. The summed E-state index contributed by atoms with van der Waals surface area (Å²) in [7, 11) is 0. The van der Waals surface area contributed by atoms with Crippen molar-refractivity contribution in [3.05, 3.63) is 54.1 Å². The molecule has 0 bridgehead atoms. The molecule has 1 saturated carbocycles. The SMILES string of the molecule is CCCCCCCOC(=O)OC1CCC(O)(c2ccc(-c3ccc(OCCCC)cc3)cc2)CC1. The Morgan fingerprint density at radius 2 is 1.43 bits per heavy atom. The van der Waals surface area contributed by atoms with Gasteiger partial charge in [0.15, 0.2) is 0 Å². The average Bonchev–Trinajstić information content (AvgIpc) is 2.88. The fourth-order valence-corrected chi connectivity index (χ4v) is 4.56. The fourth-order valence-electron chi connectivity index (χ4n) is 4.56. The van der Waals surface area contributed by atoms with Crippen molar-refractivity contribution in [1.29, 1.82) is 0 Å². The Labute approximate surface area is 210 Å². The molecule has 1 N–H and O–H groups in total. The van der Waals surface area contributed by atoms with E-state index in [-0.39, 0.29) is 6.10 Å². The first-order valence-corrected chi connectivity index (χ1v) is 13.4. The van der Waals surface area contributed by atoms with Gasteiger partial charge >= 0.3 is 6.16 Å². The standard InChI is InChI=1S/C30H42O5/c1-3-5-7-8-9-23-34-29(31)35-28-18-20-30(32,21-19-28)26-14-10-24(11-15-26)25-12-16-27(17-13-25)33-22-6-4-2/h10-17,28,32H,3-9,18-23H2,1-2H3. The van der Waals surface area contributed by atoms with Crippen LogP contribution < -0.4 is 4.74 Å². The van der Waals surface area contributed by atoms with Crippen LogP contribution in [0.25, 0.3) is 11.1 Å². The zero-order chi connectivity index (χ0) is 24.9. The molecule has 2 aromatic rings. The Morgan fingerprint density at radius 3 is 2.06 bits per heavy atom. The number of hydrogen-bond acceptors (Lipinski definition) is 5. The van der Waals surface area contributed by atoms with E-state index in [9.17, 15) is 9.90 Å². The molecule has 1 fully saturated rings. The van der Waals surface area contributed by atoms with E-state index >= 15 is 0 Å². The number of aliphatic hydroxyl groups is 1. The van der Waals surface area contributed by atoms with Crippen molar-refractivity contribution in [1.82, 2.24) is 0 Å². The molecule has 192 valence electrons. The summed E-state index contributed by atoms with van der Waals surface area (Å²) in [6, 6.07) is 16.3. The van der Waals surface area contributed by atoms with E-state index in [2.05, 4.69) is 38.1 Å². The number of unbranched alkanes of at least 4 members (excludes halogenated alkanes) is 5. The number of rotatable bonds is 13. The lowest BCUT2D eigenvalue weighted by molar-refractivity contribution is -0.0538. The van der Waals surface area contributed by atoms with Crippen molar-refractivity contribution in [3.8, 4) is 16.9 Å². The smallest absolute Gasteiger partial charge is 0.494 e. The molecule has 2 aromatic carbocycles. The third kappa shape index (κ3) is 8.57. The summed E-state index contributed by atoms with van der Waals surface area (Å²) in [5.74, 6) is 0.892. The van der Waals surface area contributed by atoms with Crippen LogP contribution in [0.1, 0.15) is 90.0 Å². The van der Waals surface area contributed by atoms with E-state index in [4.69, 9.17) is 14.2 Å². The van der Waals surface area contributed by atoms with Gasteiger partial charge in [0.2, 0.25) is 0 Å². The second-order valence-electron chi connectivity index (χ2n) is 9.67. The molecule has 0 spiro atoms. The lowest BCUT2D eigenvalue weighted by Crippen LogP contribution is -2.35. The van der Waals surface area contributed by atoms with Crippen LogP contribution in [0.3, 0.4) is 0 Å². The second-order valence-corrected chi connectivity index (χ2v) is 9.67. The highest BCUT2D eigenvalue weighted by Crippen LogP contribution is 2.39. The Bertz CT molecular complexity index is 867. The molecule has 1 aliphatic carbocycles. The third-order valence-corrected chi connectivity index (χ3v) is 6.87. The fraction of sp³-hybridized carbons (Fsp3) is 0.567. The molecule has 5 heteroatoms. The van der Waals surface area contributed by atoms with Crippen LogP contribution in [0, 0.1) is 0 Å². The van der Waals surface area contributed by atoms with Gasteiger partial charge in [-0.1, -0.05) is 82.3 Å². The minimum Gasteiger partial charge on any atom is -0.494 e. The minimum atomic E-state index is -0.890. The molecular weight excluding hydrogens is 440 g/mol. The van der Waals surface area contributed by atoms with E-state index in [0.717, 1.165) is 54.7 Å². The van der Waals surface area contributed by atoms with E-state index in [1.54, 1.807) is 0 Å². The van der Waals surface area contributed by atoms with Crippen molar-refractivity contribution in [2.24, 2.45) is 0 Å². The number of carbonyl (C=O) groups is 1. The highest BCUT2D eigenvalue weighted by molar-refractivity contribution is 5.64. The van der Waals surface area contributed by atoms with Crippen LogP contribution in [0.15, 0.2) is 48.5 Å². The largest absolute Gasteiger partial charge is 0.508 e. The van der Waals surface area contributed by atoms with E-state index in [1.807, 2.05) is 24.3 Å². The van der Waals surface area contributed by atoms with Crippen LogP contribution in [-0.2, 0) is 15.1 Å². The van der Waals surface area contributed by atoms with Gasteiger partial charge in [-0.25, -0.2) is 4.79 Å². The third-order valence-electron chi connectivity index (χ3n) is 6.87. The normalized spacial score (nSPS) is 19.8. The molecule has 0 atom stereocenters. The number of carbonyl (C=O) groups excluding carboxylic acids is 1. The summed E-state index contributed by atoms with van der Waals surface area (Å²) < 4.78 is 16.4. The topological polar surface area (TPSA) is 65.0 Å². The Morgan fingerprint density at radius 1 is 0.829 bits per heavy atom. The maximum Gasteiger partial charge on any atom is 0.508 e. The van der Waals surface area contributed by atoms with Crippen LogP contribution in [0.2, 0.25) is 0 Å². The van der Waals surface area contributed by atoms with Crippen molar-refractivity contribution in [2.75, 3.05) is 13.2 Å². The monoisotopic (exact) mass is 482 g/mol. The zero-order valence-electron chi connectivity index (χ0n) is 21.5. The number of benzene rings is 2. The van der Waals surface area contributed by atoms with E-state index in [1.165, 1.54) is 19.3 Å². The van der Waals surface area contributed by atoms with Crippen molar-refractivity contribution >= 4 is 6.16 Å². The summed E-state index contributed by atoms with van der Waals surface area (Å²) in [5, 5.41) is 11.3. The maximum atomic E-state index is 12.0. The lowest BCUT2D eigenvalue weighted by atomic mass is 9.78. The Hall–Kier alpha value is -2.53. The van der Waals surface area contributed by atoms with Crippen LogP contribution in [-0.4, -0.2) is 30.6 Å². The minimum absolute atomic E-state index is 0.194. The molecule has 0 heterocycles. The molecular formula is C30H42O5. The molecule has 1 aliphatic rings. The summed E-state index contributed by atoms with van der Waals surface area (Å²) >= 11 is 0. The summed E-state index contributed by atoms with van der Waals surface area (Å²) in [4.78, 5) is 12.0. The van der Waals surface area contributed by atoms with Gasteiger partial charge < -0.3 is 19.3 Å². The van der Waals surface area contributed by atoms with Crippen molar-refractivity contribution < 1.29 is 24.1 Å². The van der Waals surface area contributed by atoms with Crippen molar-refractivity contribution in [2.45, 2.75) is 96.2 Å². The van der Waals surface area contributed by atoms with Gasteiger partial charge in [0.25, 0.3) is 0 Å². The van der Waals surface area contributed by atoms with Gasteiger partial charge in [-0.3, -0.25) is 0 Å². The van der Waals surface area contributed by atoms with Crippen LogP contribution in [0.5, 0.6) is 5.75 Å². The zero-order valence-corrected chi connectivity index (χ0v) is 21.5. The molecule has 35 heavy (non-hydrogen) atoms. The highest BCUT2D eigenvalue weighted by atomic mass is 16.7. The van der Waals surface area contributed by atoms with E-state index in [0.29, 0.717) is 32.3 Å².